The summed E-state index contributed by atoms with van der Waals surface area (Å²) in [4.78, 5) is 10.9. The Morgan fingerprint density at radius 1 is 1.40 bits per heavy atom. The molecule has 0 aromatic carbocycles. The second-order valence-corrected chi connectivity index (χ2v) is 3.35. The van der Waals surface area contributed by atoms with Gasteiger partial charge in [-0.15, -0.1) is 0 Å². The van der Waals surface area contributed by atoms with Crippen molar-refractivity contribution in [3.63, 3.8) is 0 Å². The molecule has 0 aromatic heterocycles. The number of nitrogens with one attached hydrogen (secondary N) is 1. The van der Waals surface area contributed by atoms with Crippen molar-refractivity contribution in [2.75, 3.05) is 13.9 Å². The largest absolute Gasteiger partial charge is 0.473 e. The summed E-state index contributed by atoms with van der Waals surface area (Å²) in [6.45, 7) is 3.84. The number of ether oxygens (including phenoxy) is 2. The van der Waals surface area contributed by atoms with Gasteiger partial charge in [0.25, 0.3) is 0 Å². The van der Waals surface area contributed by atoms with E-state index in [1.165, 1.54) is 6.92 Å². The van der Waals surface area contributed by atoms with Crippen LogP contribution in [-0.4, -0.2) is 19.8 Å². The molecule has 1 N–H and O–H groups in total. The lowest BCUT2D eigenvalue weighted by molar-refractivity contribution is -0.118. The quantitative estimate of drug-likeness (QED) is 0.383. The van der Waals surface area contributed by atoms with E-state index >= 15 is 0 Å². The van der Waals surface area contributed by atoms with Gasteiger partial charge in [-0.05, 0) is 12.8 Å². The van der Waals surface area contributed by atoms with Gasteiger partial charge < -0.3 is 14.8 Å². The maximum absolute atomic E-state index is 10.9. The lowest BCUT2D eigenvalue weighted by Gasteiger charge is -2.08. The summed E-state index contributed by atoms with van der Waals surface area (Å²) in [5.74, 6) is -0.0706. The Bertz CT molecular complexity index is 202. The molecule has 0 spiro atoms. The number of rotatable bonds is 8. The third-order valence-electron chi connectivity index (χ3n) is 1.80. The van der Waals surface area contributed by atoms with Crippen molar-refractivity contribution >= 4 is 5.91 Å². The fourth-order valence-corrected chi connectivity index (χ4v) is 1.15. The Morgan fingerprint density at radius 3 is 2.67 bits per heavy atom. The van der Waals surface area contributed by atoms with Gasteiger partial charge in [-0.2, -0.15) is 0 Å². The molecule has 4 nitrogen and oxygen atoms in total. The molecule has 0 unspecified atom stereocenters. The van der Waals surface area contributed by atoms with Gasteiger partial charge in [0.05, 0.1) is 5.70 Å². The molecule has 0 aromatic rings. The van der Waals surface area contributed by atoms with E-state index in [0.29, 0.717) is 0 Å². The van der Waals surface area contributed by atoms with Crippen LogP contribution < -0.4 is 5.32 Å². The molecule has 0 aliphatic heterocycles. The van der Waals surface area contributed by atoms with Crippen LogP contribution in [0.25, 0.3) is 0 Å². The van der Waals surface area contributed by atoms with Gasteiger partial charge in [0.15, 0.2) is 6.79 Å². The predicted octanol–water partition coefficient (Wildman–Crippen LogP) is 2.16. The first kappa shape index (κ1) is 14.0. The van der Waals surface area contributed by atoms with Crippen molar-refractivity contribution in [1.82, 2.24) is 5.32 Å². The Balaban J connectivity index is 3.93. The molecule has 0 saturated carbocycles. The summed E-state index contributed by atoms with van der Waals surface area (Å²) in [7, 11) is 1.56. The summed E-state index contributed by atoms with van der Waals surface area (Å²) in [6, 6.07) is 0. The molecule has 0 radical (unpaired) electrons. The zero-order chi connectivity index (χ0) is 11.5. The molecule has 0 aliphatic carbocycles. The van der Waals surface area contributed by atoms with E-state index in [1.807, 2.05) is 0 Å². The van der Waals surface area contributed by atoms with Crippen molar-refractivity contribution in [3.05, 3.63) is 12.0 Å². The van der Waals surface area contributed by atoms with Crippen LogP contribution in [0.4, 0.5) is 0 Å². The van der Waals surface area contributed by atoms with E-state index in [4.69, 9.17) is 9.47 Å². The predicted molar refractivity (Wildman–Crippen MR) is 59.0 cm³/mol. The monoisotopic (exact) mass is 215 g/mol. The number of hydrogen-bond acceptors (Lipinski definition) is 3. The van der Waals surface area contributed by atoms with Gasteiger partial charge in [-0.25, -0.2) is 0 Å². The second-order valence-electron chi connectivity index (χ2n) is 3.35. The summed E-state index contributed by atoms with van der Waals surface area (Å²) in [5.41, 5.74) is 0.813. The minimum Gasteiger partial charge on any atom is -0.473 e. The van der Waals surface area contributed by atoms with Crippen LogP contribution in [0.1, 0.15) is 39.5 Å². The van der Waals surface area contributed by atoms with Crippen LogP contribution in [0.2, 0.25) is 0 Å². The lowest BCUT2D eigenvalue weighted by atomic mass is 10.2. The molecule has 0 heterocycles. The van der Waals surface area contributed by atoms with Crippen LogP contribution in [-0.2, 0) is 14.3 Å². The molecule has 0 aliphatic rings. The molecule has 0 rings (SSSR count). The number of hydrogen-bond donors (Lipinski definition) is 1. The number of amides is 1. The van der Waals surface area contributed by atoms with Gasteiger partial charge >= 0.3 is 0 Å². The van der Waals surface area contributed by atoms with Gasteiger partial charge in [-0.3, -0.25) is 4.79 Å². The molecule has 0 saturated heterocycles. The Kier molecular flexibility index (Phi) is 8.87. The number of methoxy groups -OCH3 is 1. The maximum atomic E-state index is 10.9. The number of carbonyl (C=O) groups is 1. The number of allylic oxidation sites excluding steroid dienone is 1. The van der Waals surface area contributed by atoms with E-state index in [1.54, 1.807) is 13.4 Å². The SMILES string of the molecule is CCCCCC(=COCOC)NC(C)=O. The fraction of sp³-hybridized carbons (Fsp3) is 0.727. The van der Waals surface area contributed by atoms with Crippen LogP contribution >= 0.6 is 0 Å². The second kappa shape index (κ2) is 9.52. The maximum Gasteiger partial charge on any atom is 0.221 e. The van der Waals surface area contributed by atoms with Crippen LogP contribution in [0, 0.1) is 0 Å². The Labute approximate surface area is 91.6 Å². The summed E-state index contributed by atoms with van der Waals surface area (Å²) in [5, 5.41) is 2.74. The van der Waals surface area contributed by atoms with Crippen LogP contribution in [0.15, 0.2) is 12.0 Å². The van der Waals surface area contributed by atoms with E-state index in [-0.39, 0.29) is 12.7 Å². The smallest absolute Gasteiger partial charge is 0.221 e. The zero-order valence-corrected chi connectivity index (χ0v) is 9.84. The highest BCUT2D eigenvalue weighted by Crippen LogP contribution is 2.06. The van der Waals surface area contributed by atoms with Gasteiger partial charge in [0, 0.05) is 14.0 Å². The first-order valence-electron chi connectivity index (χ1n) is 5.27. The van der Waals surface area contributed by atoms with Crippen molar-refractivity contribution in [3.8, 4) is 0 Å². The van der Waals surface area contributed by atoms with Crippen LogP contribution in [0.5, 0.6) is 0 Å². The Morgan fingerprint density at radius 2 is 2.13 bits per heavy atom. The Hall–Kier alpha value is -1.03. The molecule has 0 atom stereocenters. The molecule has 1 amide bonds. The van der Waals surface area contributed by atoms with Crippen molar-refractivity contribution in [2.24, 2.45) is 0 Å². The average molecular weight is 215 g/mol. The standard InChI is InChI=1S/C11H21NO3/c1-4-5-6-7-11(12-10(2)13)8-15-9-14-3/h8H,4-7,9H2,1-3H3,(H,12,13). The van der Waals surface area contributed by atoms with Crippen molar-refractivity contribution in [1.29, 1.82) is 0 Å². The van der Waals surface area contributed by atoms with E-state index in [2.05, 4.69) is 12.2 Å². The highest BCUT2D eigenvalue weighted by molar-refractivity contribution is 5.74. The van der Waals surface area contributed by atoms with Crippen LogP contribution in [0.3, 0.4) is 0 Å². The minimum absolute atomic E-state index is 0.0706. The molecular weight excluding hydrogens is 194 g/mol. The summed E-state index contributed by atoms with van der Waals surface area (Å²) < 4.78 is 9.82. The molecule has 15 heavy (non-hydrogen) atoms. The van der Waals surface area contributed by atoms with Gasteiger partial charge in [0.2, 0.25) is 5.91 Å². The number of carbonyl (C=O) groups excluding carboxylic acids is 1. The third kappa shape index (κ3) is 9.28. The van der Waals surface area contributed by atoms with Gasteiger partial charge in [0.1, 0.15) is 6.26 Å². The number of unbranched alkanes of at least 4 members (excludes halogenated alkanes) is 2. The first-order valence-corrected chi connectivity index (χ1v) is 5.27. The van der Waals surface area contributed by atoms with E-state index in [9.17, 15) is 4.79 Å². The highest BCUT2D eigenvalue weighted by atomic mass is 16.7. The first-order chi connectivity index (χ1) is 7.20. The minimum atomic E-state index is -0.0706. The van der Waals surface area contributed by atoms with E-state index in [0.717, 1.165) is 31.4 Å². The molecule has 0 fully saturated rings. The molecule has 0 bridgehead atoms. The fourth-order valence-electron chi connectivity index (χ4n) is 1.15. The summed E-state index contributed by atoms with van der Waals surface area (Å²) >= 11 is 0. The molecule has 88 valence electrons. The highest BCUT2D eigenvalue weighted by Gasteiger charge is 2.00. The summed E-state index contributed by atoms with van der Waals surface area (Å²) in [6.07, 6.45) is 5.75. The average Bonchev–Trinajstić information content (AvgIpc) is 2.17. The topological polar surface area (TPSA) is 47.6 Å². The normalized spacial score (nSPS) is 11.3. The third-order valence-corrected chi connectivity index (χ3v) is 1.80. The molecule has 4 heteroatoms. The lowest BCUT2D eigenvalue weighted by Crippen LogP contribution is -2.19. The van der Waals surface area contributed by atoms with E-state index < -0.39 is 0 Å². The van der Waals surface area contributed by atoms with Crippen molar-refractivity contribution < 1.29 is 14.3 Å². The van der Waals surface area contributed by atoms with Gasteiger partial charge in [-0.1, -0.05) is 19.8 Å². The van der Waals surface area contributed by atoms with Crippen molar-refractivity contribution in [2.45, 2.75) is 39.5 Å². The molecular formula is C11H21NO3. The zero-order valence-electron chi connectivity index (χ0n) is 9.84.